The number of unbranched alkanes of at least 4 members (excludes halogenated alkanes) is 2. The molecule has 3 heteroatoms. The van der Waals surface area contributed by atoms with Crippen LogP contribution in [-0.2, 0) is 9.53 Å². The minimum Gasteiger partial charge on any atom is -0.481 e. The smallest absolute Gasteiger partial charge is 0.303 e. The highest BCUT2D eigenvalue weighted by molar-refractivity contribution is 5.66. The van der Waals surface area contributed by atoms with Crippen molar-refractivity contribution in [3.05, 3.63) is 0 Å². The van der Waals surface area contributed by atoms with E-state index in [0.717, 1.165) is 38.7 Å². The Hall–Kier alpha value is -0.570. The Morgan fingerprint density at radius 1 is 1.36 bits per heavy atom. The molecule has 84 valence electrons. The second kappa shape index (κ2) is 9.00. The molecule has 1 unspecified atom stereocenters. The summed E-state index contributed by atoms with van der Waals surface area (Å²) in [5.41, 5.74) is 0. The van der Waals surface area contributed by atoms with Crippen molar-refractivity contribution < 1.29 is 14.6 Å². The van der Waals surface area contributed by atoms with E-state index in [4.69, 9.17) is 9.84 Å². The summed E-state index contributed by atoms with van der Waals surface area (Å²) in [4.78, 5) is 10.2. The normalized spacial score (nSPS) is 12.7. The van der Waals surface area contributed by atoms with Crippen LogP contribution in [0.4, 0.5) is 0 Å². The number of hydrogen-bond acceptors (Lipinski definition) is 2. The van der Waals surface area contributed by atoms with E-state index in [9.17, 15) is 4.79 Å². The van der Waals surface area contributed by atoms with Gasteiger partial charge in [-0.15, -0.1) is 0 Å². The van der Waals surface area contributed by atoms with Crippen LogP contribution in [0.15, 0.2) is 0 Å². The lowest BCUT2D eigenvalue weighted by Crippen LogP contribution is -2.08. The molecule has 1 N–H and O–H groups in total. The Labute approximate surface area is 86.5 Å². The Morgan fingerprint density at radius 2 is 2.07 bits per heavy atom. The van der Waals surface area contributed by atoms with Crippen LogP contribution in [0.5, 0.6) is 0 Å². The Balaban J connectivity index is 3.09. The SMILES string of the molecule is CCCC(C)OCCCCCC(=O)O. The first-order chi connectivity index (χ1) is 6.66. The molecule has 0 rings (SSSR count). The summed E-state index contributed by atoms with van der Waals surface area (Å²) in [6, 6.07) is 0. The van der Waals surface area contributed by atoms with E-state index in [1.54, 1.807) is 0 Å². The fraction of sp³-hybridized carbons (Fsp3) is 0.909. The van der Waals surface area contributed by atoms with Crippen molar-refractivity contribution in [2.24, 2.45) is 0 Å². The van der Waals surface area contributed by atoms with Gasteiger partial charge in [0.1, 0.15) is 0 Å². The van der Waals surface area contributed by atoms with Crippen molar-refractivity contribution in [2.45, 2.75) is 58.5 Å². The topological polar surface area (TPSA) is 46.5 Å². The number of carboxylic acid groups (broad SMARTS) is 1. The fourth-order valence-corrected chi connectivity index (χ4v) is 1.33. The number of hydrogen-bond donors (Lipinski definition) is 1. The van der Waals surface area contributed by atoms with Crippen LogP contribution in [0.25, 0.3) is 0 Å². The molecule has 0 aromatic carbocycles. The number of rotatable bonds is 9. The second-order valence-corrected chi connectivity index (χ2v) is 3.67. The highest BCUT2D eigenvalue weighted by atomic mass is 16.5. The van der Waals surface area contributed by atoms with Gasteiger partial charge in [0.15, 0.2) is 0 Å². The number of aliphatic carboxylic acids is 1. The van der Waals surface area contributed by atoms with Gasteiger partial charge in [0.25, 0.3) is 0 Å². The maximum atomic E-state index is 10.2. The summed E-state index contributed by atoms with van der Waals surface area (Å²) in [5, 5.41) is 8.40. The summed E-state index contributed by atoms with van der Waals surface area (Å²) in [7, 11) is 0. The molecule has 1 atom stereocenters. The summed E-state index contributed by atoms with van der Waals surface area (Å²) in [6.07, 6.45) is 5.58. The van der Waals surface area contributed by atoms with E-state index in [-0.39, 0.29) is 6.42 Å². The first-order valence-electron chi connectivity index (χ1n) is 5.50. The molecule has 0 heterocycles. The lowest BCUT2D eigenvalue weighted by Gasteiger charge is -2.11. The van der Waals surface area contributed by atoms with Gasteiger partial charge in [-0.05, 0) is 26.2 Å². The highest BCUT2D eigenvalue weighted by Gasteiger charge is 2.00. The first-order valence-corrected chi connectivity index (χ1v) is 5.50. The van der Waals surface area contributed by atoms with Gasteiger partial charge in [-0.25, -0.2) is 0 Å². The minimum absolute atomic E-state index is 0.282. The Morgan fingerprint density at radius 3 is 2.64 bits per heavy atom. The molecule has 0 saturated heterocycles. The molecule has 0 aromatic rings. The first kappa shape index (κ1) is 13.4. The quantitative estimate of drug-likeness (QED) is 0.585. The fourth-order valence-electron chi connectivity index (χ4n) is 1.33. The van der Waals surface area contributed by atoms with Gasteiger partial charge in [-0.3, -0.25) is 4.79 Å². The van der Waals surface area contributed by atoms with Crippen molar-refractivity contribution in [3.8, 4) is 0 Å². The molecule has 0 aliphatic carbocycles. The number of carbonyl (C=O) groups is 1. The van der Waals surface area contributed by atoms with Crippen molar-refractivity contribution in [1.29, 1.82) is 0 Å². The zero-order valence-electron chi connectivity index (χ0n) is 9.29. The second-order valence-electron chi connectivity index (χ2n) is 3.67. The lowest BCUT2D eigenvalue weighted by atomic mass is 10.2. The lowest BCUT2D eigenvalue weighted by molar-refractivity contribution is -0.137. The third kappa shape index (κ3) is 9.52. The van der Waals surface area contributed by atoms with Gasteiger partial charge in [0.2, 0.25) is 0 Å². The molecule has 0 aliphatic rings. The van der Waals surface area contributed by atoms with Crippen LogP contribution in [0.3, 0.4) is 0 Å². The number of ether oxygens (including phenoxy) is 1. The molecule has 14 heavy (non-hydrogen) atoms. The molecule has 0 saturated carbocycles. The standard InChI is InChI=1S/C11H22O3/c1-3-7-10(2)14-9-6-4-5-8-11(12)13/h10H,3-9H2,1-2H3,(H,12,13). The number of carboxylic acids is 1. The van der Waals surface area contributed by atoms with Gasteiger partial charge in [-0.1, -0.05) is 19.8 Å². The van der Waals surface area contributed by atoms with Gasteiger partial charge in [0.05, 0.1) is 6.10 Å². The van der Waals surface area contributed by atoms with Gasteiger partial charge < -0.3 is 9.84 Å². The van der Waals surface area contributed by atoms with Crippen molar-refractivity contribution in [1.82, 2.24) is 0 Å². The Bertz CT molecular complexity index is 145. The molecule has 0 bridgehead atoms. The molecule has 0 radical (unpaired) electrons. The van der Waals surface area contributed by atoms with E-state index in [0.29, 0.717) is 6.10 Å². The summed E-state index contributed by atoms with van der Waals surface area (Å²) >= 11 is 0. The van der Waals surface area contributed by atoms with Gasteiger partial charge in [0, 0.05) is 13.0 Å². The van der Waals surface area contributed by atoms with Crippen LogP contribution in [0.2, 0.25) is 0 Å². The maximum Gasteiger partial charge on any atom is 0.303 e. The minimum atomic E-state index is -0.703. The largest absolute Gasteiger partial charge is 0.481 e. The van der Waals surface area contributed by atoms with E-state index in [2.05, 4.69) is 13.8 Å². The van der Waals surface area contributed by atoms with E-state index < -0.39 is 5.97 Å². The highest BCUT2D eigenvalue weighted by Crippen LogP contribution is 2.04. The molecule has 0 fully saturated rings. The molecule has 0 spiro atoms. The predicted octanol–water partition coefficient (Wildman–Crippen LogP) is 2.84. The average Bonchev–Trinajstić information content (AvgIpc) is 2.11. The van der Waals surface area contributed by atoms with Gasteiger partial charge in [-0.2, -0.15) is 0 Å². The summed E-state index contributed by atoms with van der Waals surface area (Å²) in [6.45, 7) is 4.99. The third-order valence-corrected chi connectivity index (χ3v) is 2.13. The van der Waals surface area contributed by atoms with E-state index in [1.165, 1.54) is 0 Å². The molecular formula is C11H22O3. The zero-order chi connectivity index (χ0) is 10.8. The molecule has 0 aromatic heterocycles. The van der Waals surface area contributed by atoms with E-state index >= 15 is 0 Å². The van der Waals surface area contributed by atoms with Crippen LogP contribution in [0, 0.1) is 0 Å². The molecule has 0 amide bonds. The maximum absolute atomic E-state index is 10.2. The van der Waals surface area contributed by atoms with Crippen molar-refractivity contribution in [3.63, 3.8) is 0 Å². The third-order valence-electron chi connectivity index (χ3n) is 2.13. The summed E-state index contributed by atoms with van der Waals surface area (Å²) in [5.74, 6) is -0.703. The van der Waals surface area contributed by atoms with Gasteiger partial charge >= 0.3 is 5.97 Å². The summed E-state index contributed by atoms with van der Waals surface area (Å²) < 4.78 is 5.54. The van der Waals surface area contributed by atoms with Crippen molar-refractivity contribution >= 4 is 5.97 Å². The van der Waals surface area contributed by atoms with Crippen molar-refractivity contribution in [2.75, 3.05) is 6.61 Å². The monoisotopic (exact) mass is 202 g/mol. The predicted molar refractivity (Wildman–Crippen MR) is 56.4 cm³/mol. The zero-order valence-corrected chi connectivity index (χ0v) is 9.29. The van der Waals surface area contributed by atoms with Crippen LogP contribution >= 0.6 is 0 Å². The van der Waals surface area contributed by atoms with Crippen LogP contribution in [-0.4, -0.2) is 23.8 Å². The Kier molecular flexibility index (Phi) is 8.64. The molecular weight excluding hydrogens is 180 g/mol. The molecule has 0 aliphatic heterocycles. The van der Waals surface area contributed by atoms with E-state index in [1.807, 2.05) is 0 Å². The van der Waals surface area contributed by atoms with Crippen LogP contribution in [0.1, 0.15) is 52.4 Å². The average molecular weight is 202 g/mol. The molecule has 3 nitrogen and oxygen atoms in total. The van der Waals surface area contributed by atoms with Crippen LogP contribution < -0.4 is 0 Å².